The maximum atomic E-state index is 11.9. The van der Waals surface area contributed by atoms with Crippen molar-refractivity contribution < 1.29 is 9.59 Å². The molecule has 1 aromatic heterocycles. The van der Waals surface area contributed by atoms with E-state index < -0.39 is 11.9 Å². The smallest absolute Gasteiger partial charge is 0.308 e. The molecule has 1 aromatic carbocycles. The number of aromatic nitrogens is 1. The van der Waals surface area contributed by atoms with E-state index in [0.29, 0.717) is 10.7 Å². The summed E-state index contributed by atoms with van der Waals surface area (Å²) in [5, 5.41) is 5.41. The number of carbonyl (C=O) groups is 2. The van der Waals surface area contributed by atoms with Gasteiger partial charge < -0.3 is 5.32 Å². The molecule has 0 atom stereocenters. The molecule has 2 rings (SSSR count). The van der Waals surface area contributed by atoms with E-state index in [1.54, 1.807) is 24.3 Å². The normalized spacial score (nSPS) is 10.0. The van der Waals surface area contributed by atoms with Crippen molar-refractivity contribution in [3.8, 4) is 0 Å². The summed E-state index contributed by atoms with van der Waals surface area (Å²) >= 11 is 17.2. The number of carbonyl (C=O) groups excluding carboxylic acids is 2. The lowest BCUT2D eigenvalue weighted by Gasteiger charge is -2.07. The van der Waals surface area contributed by atoms with Crippen LogP contribution in [0.4, 0.5) is 10.5 Å². The Morgan fingerprint density at radius 2 is 1.71 bits per heavy atom. The van der Waals surface area contributed by atoms with Crippen molar-refractivity contribution in [1.29, 1.82) is 0 Å². The van der Waals surface area contributed by atoms with Crippen molar-refractivity contribution in [1.82, 2.24) is 10.3 Å². The van der Waals surface area contributed by atoms with Crippen molar-refractivity contribution in [3.05, 3.63) is 57.3 Å². The first-order valence-electron chi connectivity index (χ1n) is 5.64. The molecule has 0 radical (unpaired) electrons. The van der Waals surface area contributed by atoms with Crippen LogP contribution in [-0.4, -0.2) is 16.9 Å². The first-order valence-corrected chi connectivity index (χ1v) is 6.78. The van der Waals surface area contributed by atoms with Crippen molar-refractivity contribution in [3.63, 3.8) is 0 Å². The molecule has 2 N–H and O–H groups in total. The number of amides is 3. The molecular formula is C13H8Cl3N3O2. The van der Waals surface area contributed by atoms with Gasteiger partial charge in [0.05, 0.1) is 10.6 Å². The van der Waals surface area contributed by atoms with Gasteiger partial charge in [0.15, 0.2) is 0 Å². The Bertz CT molecular complexity index is 690. The summed E-state index contributed by atoms with van der Waals surface area (Å²) in [5.74, 6) is -0.685. The third-order valence-electron chi connectivity index (χ3n) is 2.39. The average Bonchev–Trinajstić information content (AvgIpc) is 2.41. The lowest BCUT2D eigenvalue weighted by atomic mass is 10.2. The second-order valence-electron chi connectivity index (χ2n) is 3.90. The zero-order valence-corrected chi connectivity index (χ0v) is 12.6. The molecule has 8 heteroatoms. The molecule has 2 aromatic rings. The molecular weight excluding hydrogens is 337 g/mol. The number of hydrogen-bond donors (Lipinski definition) is 2. The van der Waals surface area contributed by atoms with E-state index in [-0.39, 0.29) is 15.7 Å². The molecule has 108 valence electrons. The molecule has 0 saturated carbocycles. The Kier molecular flexibility index (Phi) is 5.01. The van der Waals surface area contributed by atoms with E-state index in [1.165, 1.54) is 12.3 Å². The maximum absolute atomic E-state index is 11.9. The summed E-state index contributed by atoms with van der Waals surface area (Å²) < 4.78 is 0. The van der Waals surface area contributed by atoms with Crippen LogP contribution in [0.25, 0.3) is 0 Å². The molecule has 0 bridgehead atoms. The van der Waals surface area contributed by atoms with Crippen molar-refractivity contribution in [2.45, 2.75) is 0 Å². The van der Waals surface area contributed by atoms with Crippen LogP contribution in [0.3, 0.4) is 0 Å². The van der Waals surface area contributed by atoms with Gasteiger partial charge in [0, 0.05) is 16.9 Å². The molecule has 0 fully saturated rings. The molecule has 0 unspecified atom stereocenters. The first kappa shape index (κ1) is 15.6. The number of rotatable bonds is 2. The highest BCUT2D eigenvalue weighted by molar-refractivity contribution is 6.36. The van der Waals surface area contributed by atoms with Gasteiger partial charge in [-0.2, -0.15) is 0 Å². The van der Waals surface area contributed by atoms with Crippen LogP contribution in [0.1, 0.15) is 10.4 Å². The molecule has 0 aliphatic rings. The van der Waals surface area contributed by atoms with Gasteiger partial charge in [-0.05, 0) is 30.3 Å². The highest BCUT2D eigenvalue weighted by atomic mass is 35.5. The van der Waals surface area contributed by atoms with E-state index in [4.69, 9.17) is 34.8 Å². The fourth-order valence-corrected chi connectivity index (χ4v) is 2.02. The van der Waals surface area contributed by atoms with Gasteiger partial charge in [0.1, 0.15) is 5.15 Å². The fourth-order valence-electron chi connectivity index (χ4n) is 1.44. The van der Waals surface area contributed by atoms with Crippen molar-refractivity contribution >= 4 is 52.4 Å². The Balaban J connectivity index is 2.02. The number of nitrogens with one attached hydrogen (secondary N) is 2. The largest absolute Gasteiger partial charge is 0.326 e. The monoisotopic (exact) mass is 343 g/mol. The number of nitrogens with zero attached hydrogens (tertiary/aromatic N) is 1. The predicted molar refractivity (Wildman–Crippen MR) is 82.2 cm³/mol. The summed E-state index contributed by atoms with van der Waals surface area (Å²) in [4.78, 5) is 27.3. The quantitative estimate of drug-likeness (QED) is 0.809. The van der Waals surface area contributed by atoms with E-state index in [2.05, 4.69) is 15.6 Å². The summed E-state index contributed by atoms with van der Waals surface area (Å²) in [7, 11) is 0. The van der Waals surface area contributed by atoms with Crippen molar-refractivity contribution in [2.75, 3.05) is 5.32 Å². The van der Waals surface area contributed by atoms with Crippen LogP contribution in [0.15, 0.2) is 36.5 Å². The molecule has 5 nitrogen and oxygen atoms in total. The van der Waals surface area contributed by atoms with Crippen LogP contribution in [0.5, 0.6) is 0 Å². The summed E-state index contributed by atoms with van der Waals surface area (Å²) in [6.45, 7) is 0. The van der Waals surface area contributed by atoms with Crippen LogP contribution in [-0.2, 0) is 0 Å². The third-order valence-corrected chi connectivity index (χ3v) is 3.17. The lowest BCUT2D eigenvalue weighted by Crippen LogP contribution is -2.34. The van der Waals surface area contributed by atoms with E-state index in [1.807, 2.05) is 0 Å². The molecule has 0 spiro atoms. The Morgan fingerprint density at radius 1 is 1.05 bits per heavy atom. The van der Waals surface area contributed by atoms with Crippen LogP contribution in [0, 0.1) is 0 Å². The SMILES string of the molecule is O=C(NC(=O)c1cnc(Cl)cc1Cl)Nc1ccc(Cl)cc1. The second-order valence-corrected chi connectivity index (χ2v) is 5.13. The number of halogens is 3. The number of hydrogen-bond acceptors (Lipinski definition) is 3. The fraction of sp³-hybridized carbons (Fsp3) is 0. The van der Waals surface area contributed by atoms with Crippen LogP contribution < -0.4 is 10.6 Å². The number of urea groups is 1. The highest BCUT2D eigenvalue weighted by Gasteiger charge is 2.14. The van der Waals surface area contributed by atoms with Gasteiger partial charge in [-0.15, -0.1) is 0 Å². The number of benzene rings is 1. The minimum atomic E-state index is -0.701. The van der Waals surface area contributed by atoms with Gasteiger partial charge in [0.2, 0.25) is 0 Å². The third kappa shape index (κ3) is 4.32. The predicted octanol–water partition coefficient (Wildman–Crippen LogP) is 4.00. The molecule has 3 amide bonds. The van der Waals surface area contributed by atoms with Gasteiger partial charge in [-0.25, -0.2) is 9.78 Å². The summed E-state index contributed by atoms with van der Waals surface area (Å²) in [6.07, 6.45) is 1.19. The number of pyridine rings is 1. The summed E-state index contributed by atoms with van der Waals surface area (Å²) in [5.41, 5.74) is 0.539. The topological polar surface area (TPSA) is 71.1 Å². The van der Waals surface area contributed by atoms with Crippen LogP contribution in [0.2, 0.25) is 15.2 Å². The number of anilines is 1. The minimum Gasteiger partial charge on any atom is -0.308 e. The van der Waals surface area contributed by atoms with Gasteiger partial charge >= 0.3 is 6.03 Å². The first-order chi connectivity index (χ1) is 9.95. The molecule has 21 heavy (non-hydrogen) atoms. The number of imide groups is 1. The maximum Gasteiger partial charge on any atom is 0.326 e. The van der Waals surface area contributed by atoms with E-state index in [9.17, 15) is 9.59 Å². The van der Waals surface area contributed by atoms with Gasteiger partial charge in [-0.1, -0.05) is 34.8 Å². The van der Waals surface area contributed by atoms with Gasteiger partial charge in [0.25, 0.3) is 5.91 Å². The van der Waals surface area contributed by atoms with Crippen molar-refractivity contribution in [2.24, 2.45) is 0 Å². The molecule has 0 aliphatic heterocycles. The zero-order valence-electron chi connectivity index (χ0n) is 10.4. The van der Waals surface area contributed by atoms with Gasteiger partial charge in [-0.3, -0.25) is 10.1 Å². The average molecular weight is 345 g/mol. The van der Waals surface area contributed by atoms with E-state index >= 15 is 0 Å². The standard InChI is InChI=1S/C13H8Cl3N3O2/c14-7-1-3-8(4-2-7)18-13(21)19-12(20)9-6-17-11(16)5-10(9)15/h1-6H,(H2,18,19,20,21). The Hall–Kier alpha value is -1.82. The second kappa shape index (κ2) is 6.76. The summed E-state index contributed by atoms with van der Waals surface area (Å²) in [6, 6.07) is 7.04. The highest BCUT2D eigenvalue weighted by Crippen LogP contribution is 2.18. The minimum absolute atomic E-state index is 0.0484. The molecule has 0 aliphatic carbocycles. The Labute approximate surface area is 135 Å². The lowest BCUT2D eigenvalue weighted by molar-refractivity contribution is 0.0967. The van der Waals surface area contributed by atoms with Crippen LogP contribution >= 0.6 is 34.8 Å². The molecule has 0 saturated heterocycles. The van der Waals surface area contributed by atoms with E-state index in [0.717, 1.165) is 0 Å². The Morgan fingerprint density at radius 3 is 2.33 bits per heavy atom. The zero-order chi connectivity index (χ0) is 15.4. The molecule has 1 heterocycles.